The molecular formula is C17H12ClF2N5O2. The van der Waals surface area contributed by atoms with E-state index >= 15 is 0 Å². The molecule has 138 valence electrons. The van der Waals surface area contributed by atoms with E-state index in [1.807, 2.05) is 6.07 Å². The number of halogens is 3. The summed E-state index contributed by atoms with van der Waals surface area (Å²) in [6, 6.07) is 4.43. The lowest BCUT2D eigenvalue weighted by Crippen LogP contribution is -2.29. The van der Waals surface area contributed by atoms with Gasteiger partial charge in [0, 0.05) is 36.8 Å². The molecule has 0 saturated heterocycles. The number of carbonyl (C=O) groups excluding carboxylic acids is 1. The van der Waals surface area contributed by atoms with Crippen molar-refractivity contribution in [2.45, 2.75) is 6.42 Å². The largest absolute Gasteiger partial charge is 0.450 e. The van der Waals surface area contributed by atoms with Crippen LogP contribution in [0.2, 0.25) is 5.02 Å². The summed E-state index contributed by atoms with van der Waals surface area (Å²) in [5.74, 6) is -2.55. The monoisotopic (exact) mass is 391 g/mol. The maximum Gasteiger partial charge on any atom is 0.319 e. The average molecular weight is 392 g/mol. The number of aromatic nitrogens is 2. The highest BCUT2D eigenvalue weighted by atomic mass is 35.5. The summed E-state index contributed by atoms with van der Waals surface area (Å²) in [6.07, 6.45) is 3.00. The number of fused-ring (bicyclic) bond motifs is 1. The molecule has 0 aliphatic heterocycles. The fraction of sp³-hybridized carbons (Fsp3) is 0.118. The van der Waals surface area contributed by atoms with Gasteiger partial charge >= 0.3 is 6.03 Å². The molecule has 0 unspecified atom stereocenters. The highest BCUT2D eigenvalue weighted by molar-refractivity contribution is 6.36. The summed E-state index contributed by atoms with van der Waals surface area (Å²) in [5.41, 5.74) is 0.303. The second-order valence-corrected chi connectivity index (χ2v) is 5.74. The van der Waals surface area contributed by atoms with E-state index in [9.17, 15) is 13.6 Å². The number of pyridine rings is 1. The summed E-state index contributed by atoms with van der Waals surface area (Å²) in [5, 5.41) is 13.7. The van der Waals surface area contributed by atoms with E-state index in [1.165, 1.54) is 18.5 Å². The van der Waals surface area contributed by atoms with Crippen LogP contribution in [0.15, 0.2) is 30.6 Å². The maximum atomic E-state index is 14.3. The number of carbonyl (C=O) groups is 1. The Morgan fingerprint density at radius 1 is 1.37 bits per heavy atom. The molecule has 1 aromatic carbocycles. The molecule has 0 saturated carbocycles. The van der Waals surface area contributed by atoms with Crippen molar-refractivity contribution >= 4 is 34.4 Å². The van der Waals surface area contributed by atoms with Crippen LogP contribution < -0.4 is 15.4 Å². The van der Waals surface area contributed by atoms with Crippen LogP contribution in [-0.4, -0.2) is 22.5 Å². The second-order valence-electron chi connectivity index (χ2n) is 5.33. The van der Waals surface area contributed by atoms with E-state index in [-0.39, 0.29) is 24.4 Å². The minimum Gasteiger partial charge on any atom is -0.450 e. The van der Waals surface area contributed by atoms with E-state index in [2.05, 4.69) is 20.6 Å². The number of anilines is 1. The van der Waals surface area contributed by atoms with Gasteiger partial charge in [0.15, 0.2) is 17.4 Å². The third kappa shape index (κ3) is 4.07. The van der Waals surface area contributed by atoms with Gasteiger partial charge in [-0.1, -0.05) is 11.6 Å². The van der Waals surface area contributed by atoms with Crippen molar-refractivity contribution in [3.63, 3.8) is 0 Å². The zero-order valence-electron chi connectivity index (χ0n) is 13.6. The first-order valence-corrected chi connectivity index (χ1v) is 8.07. The smallest absolute Gasteiger partial charge is 0.319 e. The number of nitrogens with one attached hydrogen (secondary N) is 3. The van der Waals surface area contributed by atoms with Crippen LogP contribution >= 0.6 is 11.6 Å². The van der Waals surface area contributed by atoms with Crippen molar-refractivity contribution in [3.8, 4) is 17.6 Å². The number of amides is 2. The summed E-state index contributed by atoms with van der Waals surface area (Å²) >= 11 is 6.04. The molecule has 10 heteroatoms. The maximum absolute atomic E-state index is 14.3. The molecular weight excluding hydrogens is 380 g/mol. The molecule has 0 aliphatic rings. The van der Waals surface area contributed by atoms with Gasteiger partial charge in [-0.05, 0) is 6.07 Å². The summed E-state index contributed by atoms with van der Waals surface area (Å²) in [7, 11) is 0. The first-order valence-electron chi connectivity index (χ1n) is 7.70. The number of rotatable bonds is 5. The van der Waals surface area contributed by atoms with Crippen LogP contribution in [0.3, 0.4) is 0 Å². The Balaban J connectivity index is 1.82. The van der Waals surface area contributed by atoms with Gasteiger partial charge < -0.3 is 20.4 Å². The lowest BCUT2D eigenvalue weighted by Gasteiger charge is -2.12. The van der Waals surface area contributed by atoms with E-state index in [1.54, 1.807) is 0 Å². The molecule has 0 aliphatic carbocycles. The Labute approximate surface area is 156 Å². The summed E-state index contributed by atoms with van der Waals surface area (Å²) in [6.45, 7) is 0.115. The summed E-state index contributed by atoms with van der Waals surface area (Å²) in [4.78, 5) is 18.5. The van der Waals surface area contributed by atoms with Crippen molar-refractivity contribution in [2.75, 3.05) is 11.9 Å². The Bertz CT molecular complexity index is 1020. The predicted molar refractivity (Wildman–Crippen MR) is 94.8 cm³/mol. The number of ether oxygens (including phenoxy) is 1. The Morgan fingerprint density at radius 2 is 2.11 bits per heavy atom. The van der Waals surface area contributed by atoms with Crippen LogP contribution in [-0.2, 0) is 0 Å². The number of nitriles is 1. The lowest BCUT2D eigenvalue weighted by molar-refractivity contribution is 0.252. The van der Waals surface area contributed by atoms with E-state index < -0.39 is 23.4 Å². The van der Waals surface area contributed by atoms with E-state index in [4.69, 9.17) is 21.6 Å². The second kappa shape index (κ2) is 7.88. The van der Waals surface area contributed by atoms with Crippen LogP contribution in [0.4, 0.5) is 19.3 Å². The Hall–Kier alpha value is -3.38. The number of H-pyrrole nitrogens is 1. The topological polar surface area (TPSA) is 103 Å². The predicted octanol–water partition coefficient (Wildman–Crippen LogP) is 4.32. The molecule has 3 aromatic rings. The molecule has 0 radical (unpaired) electrons. The molecule has 2 aromatic heterocycles. The van der Waals surface area contributed by atoms with Gasteiger partial charge in [-0.15, -0.1) is 0 Å². The Kier molecular flexibility index (Phi) is 5.38. The van der Waals surface area contributed by atoms with Gasteiger partial charge in [0.1, 0.15) is 11.4 Å². The van der Waals surface area contributed by atoms with Gasteiger partial charge in [0.25, 0.3) is 0 Å². The fourth-order valence-electron chi connectivity index (χ4n) is 2.32. The van der Waals surface area contributed by atoms with E-state index in [0.29, 0.717) is 16.1 Å². The molecule has 7 nitrogen and oxygen atoms in total. The van der Waals surface area contributed by atoms with Crippen molar-refractivity contribution in [1.29, 1.82) is 5.26 Å². The molecule has 2 heterocycles. The molecule has 0 atom stereocenters. The SMILES string of the molecule is N#CCCNC(=O)Nc1cc(F)c(Oc2ccnc3[nH]cc(Cl)c23)c(F)c1. The van der Waals surface area contributed by atoms with Gasteiger partial charge in [0.05, 0.1) is 22.9 Å². The quantitative estimate of drug-likeness (QED) is 0.563. The van der Waals surface area contributed by atoms with Crippen molar-refractivity contribution < 1.29 is 18.3 Å². The first kappa shape index (κ1) is 18.4. The minimum absolute atomic E-state index is 0.105. The number of nitrogens with zero attached hydrogens (tertiary/aromatic N) is 2. The molecule has 0 fully saturated rings. The van der Waals surface area contributed by atoms with Gasteiger partial charge in [-0.2, -0.15) is 5.26 Å². The van der Waals surface area contributed by atoms with Crippen molar-refractivity contribution in [1.82, 2.24) is 15.3 Å². The molecule has 3 rings (SSSR count). The third-order valence-electron chi connectivity index (χ3n) is 3.48. The minimum atomic E-state index is -1.01. The van der Waals surface area contributed by atoms with Gasteiger partial charge in [-0.3, -0.25) is 0 Å². The van der Waals surface area contributed by atoms with Gasteiger partial charge in [-0.25, -0.2) is 18.6 Å². The molecule has 2 amide bonds. The standard InChI is InChI=1S/C17H12ClF2N5O2/c18-10-8-24-16-14(10)13(2-5-22-16)27-15-11(19)6-9(7-12(15)20)25-17(26)23-4-1-3-21/h2,5-8H,1,4H2,(H,22,24)(H2,23,25,26). The van der Waals surface area contributed by atoms with Crippen LogP contribution in [0.5, 0.6) is 11.5 Å². The van der Waals surface area contributed by atoms with Crippen LogP contribution in [0.25, 0.3) is 11.0 Å². The fourth-order valence-corrected chi connectivity index (χ4v) is 2.56. The molecule has 3 N–H and O–H groups in total. The number of urea groups is 1. The third-order valence-corrected chi connectivity index (χ3v) is 3.78. The van der Waals surface area contributed by atoms with Crippen LogP contribution in [0, 0.1) is 23.0 Å². The molecule has 27 heavy (non-hydrogen) atoms. The molecule has 0 bridgehead atoms. The Morgan fingerprint density at radius 3 is 2.81 bits per heavy atom. The van der Waals surface area contributed by atoms with Gasteiger partial charge in [0.2, 0.25) is 0 Å². The lowest BCUT2D eigenvalue weighted by atomic mass is 10.2. The number of aromatic amines is 1. The summed E-state index contributed by atoms with van der Waals surface area (Å²) < 4.78 is 34.1. The van der Waals surface area contributed by atoms with E-state index in [0.717, 1.165) is 12.1 Å². The average Bonchev–Trinajstić information content (AvgIpc) is 3.00. The normalized spacial score (nSPS) is 10.4. The molecule has 0 spiro atoms. The number of benzene rings is 1. The zero-order chi connectivity index (χ0) is 19.4. The number of hydrogen-bond acceptors (Lipinski definition) is 4. The highest BCUT2D eigenvalue weighted by Crippen LogP contribution is 2.36. The van der Waals surface area contributed by atoms with Crippen molar-refractivity contribution in [2.24, 2.45) is 0 Å². The number of hydrogen-bond donors (Lipinski definition) is 3. The van der Waals surface area contributed by atoms with Crippen LogP contribution in [0.1, 0.15) is 6.42 Å². The van der Waals surface area contributed by atoms with Crippen molar-refractivity contribution in [3.05, 3.63) is 47.2 Å². The zero-order valence-corrected chi connectivity index (χ0v) is 14.4. The highest BCUT2D eigenvalue weighted by Gasteiger charge is 2.17. The first-order chi connectivity index (χ1) is 13.0.